The maximum atomic E-state index is 11.7. The van der Waals surface area contributed by atoms with E-state index in [1.165, 1.54) is 10.6 Å². The van der Waals surface area contributed by atoms with Crippen LogP contribution in [0.25, 0.3) is 10.4 Å². The maximum absolute atomic E-state index is 11.7. The normalized spacial score (nSPS) is 9.61. The van der Waals surface area contributed by atoms with E-state index in [0.717, 1.165) is 12.8 Å². The van der Waals surface area contributed by atoms with E-state index in [4.69, 9.17) is 5.53 Å². The summed E-state index contributed by atoms with van der Waals surface area (Å²) in [6, 6.07) is 2.89. The minimum Gasteiger partial charge on any atom is -0.352 e. The highest BCUT2D eigenvalue weighted by Gasteiger charge is 2.05. The summed E-state index contributed by atoms with van der Waals surface area (Å²) in [7, 11) is 1.62. The van der Waals surface area contributed by atoms with Gasteiger partial charge in [0, 0.05) is 42.9 Å². The van der Waals surface area contributed by atoms with Crippen LogP contribution < -0.4 is 10.9 Å². The highest BCUT2D eigenvalue weighted by molar-refractivity contribution is 5.93. The predicted octanol–water partition coefficient (Wildman–Crippen LogP) is 1.21. The molecule has 0 bridgehead atoms. The number of pyridine rings is 1. The molecule has 1 aromatic rings. The van der Waals surface area contributed by atoms with E-state index in [-0.39, 0.29) is 11.5 Å². The van der Waals surface area contributed by atoms with Crippen LogP contribution in [0.2, 0.25) is 0 Å². The maximum Gasteiger partial charge on any atom is 0.251 e. The van der Waals surface area contributed by atoms with Gasteiger partial charge in [0.15, 0.2) is 0 Å². The smallest absolute Gasteiger partial charge is 0.251 e. The molecule has 1 aromatic heterocycles. The molecule has 0 aliphatic rings. The molecule has 0 saturated heterocycles. The fraction of sp³-hybridized carbons (Fsp3) is 0.455. The molecule has 0 aliphatic carbocycles. The van der Waals surface area contributed by atoms with Gasteiger partial charge in [-0.15, -0.1) is 0 Å². The van der Waals surface area contributed by atoms with Gasteiger partial charge in [0.05, 0.1) is 0 Å². The monoisotopic (exact) mass is 249 g/mol. The Bertz CT molecular complexity index is 516. The lowest BCUT2D eigenvalue weighted by Gasteiger charge is -2.04. The Morgan fingerprint density at radius 1 is 1.56 bits per heavy atom. The van der Waals surface area contributed by atoms with Crippen LogP contribution in [0.4, 0.5) is 0 Å². The quantitative estimate of drug-likeness (QED) is 0.354. The van der Waals surface area contributed by atoms with Gasteiger partial charge >= 0.3 is 0 Å². The number of amides is 1. The lowest BCUT2D eigenvalue weighted by atomic mass is 10.2. The summed E-state index contributed by atoms with van der Waals surface area (Å²) in [5, 5.41) is 6.09. The molecule has 0 saturated carbocycles. The van der Waals surface area contributed by atoms with Gasteiger partial charge in [-0.2, -0.15) is 0 Å². The number of carbonyl (C=O) groups excluding carboxylic acids is 1. The van der Waals surface area contributed by atoms with Crippen LogP contribution in [-0.4, -0.2) is 23.6 Å². The molecule has 1 N–H and O–H groups in total. The molecule has 7 heteroatoms. The van der Waals surface area contributed by atoms with Crippen molar-refractivity contribution in [1.29, 1.82) is 0 Å². The third-order valence-corrected chi connectivity index (χ3v) is 2.40. The van der Waals surface area contributed by atoms with E-state index in [1.807, 2.05) is 0 Å². The largest absolute Gasteiger partial charge is 0.352 e. The van der Waals surface area contributed by atoms with Crippen molar-refractivity contribution in [2.45, 2.75) is 12.8 Å². The Morgan fingerprint density at radius 3 is 3.00 bits per heavy atom. The van der Waals surface area contributed by atoms with Crippen molar-refractivity contribution in [3.63, 3.8) is 0 Å². The number of aromatic nitrogens is 1. The standard InChI is InChI=1S/C11H15N5O2/c1-16-7-4-9(8-10(16)17)11(18)13-5-2-3-6-14-15-12/h4,7-8H,2-3,5-6H2,1H3,(H,13,18). The Balaban J connectivity index is 2.38. The zero-order chi connectivity index (χ0) is 13.4. The third-order valence-electron chi connectivity index (χ3n) is 2.40. The summed E-state index contributed by atoms with van der Waals surface area (Å²) in [5.74, 6) is -0.267. The van der Waals surface area contributed by atoms with Crippen LogP contribution in [0.1, 0.15) is 23.2 Å². The summed E-state index contributed by atoms with van der Waals surface area (Å²) < 4.78 is 1.40. The second-order valence-corrected chi connectivity index (χ2v) is 3.78. The first-order valence-corrected chi connectivity index (χ1v) is 5.61. The fourth-order valence-corrected chi connectivity index (χ4v) is 1.35. The van der Waals surface area contributed by atoms with Gasteiger partial charge in [0.25, 0.3) is 11.5 Å². The molecular weight excluding hydrogens is 234 g/mol. The van der Waals surface area contributed by atoms with Crippen molar-refractivity contribution >= 4 is 5.91 Å². The number of unbranched alkanes of at least 4 members (excludes halogenated alkanes) is 1. The first kappa shape index (κ1) is 13.8. The second kappa shape index (κ2) is 7.13. The SMILES string of the molecule is Cn1ccc(C(=O)NCCCCN=[N+]=[N-])cc1=O. The van der Waals surface area contributed by atoms with Crippen molar-refractivity contribution in [1.82, 2.24) is 9.88 Å². The molecule has 0 aromatic carbocycles. The van der Waals surface area contributed by atoms with Crippen LogP contribution in [0.5, 0.6) is 0 Å². The molecule has 1 rings (SSSR count). The number of nitrogens with one attached hydrogen (secondary N) is 1. The van der Waals surface area contributed by atoms with E-state index in [9.17, 15) is 9.59 Å². The van der Waals surface area contributed by atoms with Gasteiger partial charge in [-0.3, -0.25) is 9.59 Å². The number of carbonyl (C=O) groups is 1. The molecule has 18 heavy (non-hydrogen) atoms. The van der Waals surface area contributed by atoms with E-state index in [2.05, 4.69) is 15.3 Å². The Labute approximate surface area is 104 Å². The summed E-state index contributed by atoms with van der Waals surface area (Å²) in [6.45, 7) is 0.924. The van der Waals surface area contributed by atoms with Crippen molar-refractivity contribution in [2.24, 2.45) is 12.2 Å². The minimum absolute atomic E-state index is 0.217. The summed E-state index contributed by atoms with van der Waals surface area (Å²) in [6.07, 6.45) is 3.01. The van der Waals surface area contributed by atoms with E-state index < -0.39 is 0 Å². The van der Waals surface area contributed by atoms with Crippen molar-refractivity contribution in [3.8, 4) is 0 Å². The highest BCUT2D eigenvalue weighted by Crippen LogP contribution is 1.95. The van der Waals surface area contributed by atoms with Crippen molar-refractivity contribution in [2.75, 3.05) is 13.1 Å². The van der Waals surface area contributed by atoms with Gasteiger partial charge in [-0.25, -0.2) is 0 Å². The van der Waals surface area contributed by atoms with Crippen molar-refractivity contribution < 1.29 is 4.79 Å². The topological polar surface area (TPSA) is 99.9 Å². The van der Waals surface area contributed by atoms with Gasteiger partial charge < -0.3 is 9.88 Å². The molecule has 0 fully saturated rings. The molecule has 0 spiro atoms. The minimum atomic E-state index is -0.267. The summed E-state index contributed by atoms with van der Waals surface area (Å²) >= 11 is 0. The molecule has 7 nitrogen and oxygen atoms in total. The van der Waals surface area contributed by atoms with E-state index in [1.54, 1.807) is 19.3 Å². The molecule has 96 valence electrons. The van der Waals surface area contributed by atoms with Crippen LogP contribution in [0.15, 0.2) is 28.2 Å². The summed E-state index contributed by atoms with van der Waals surface area (Å²) in [5.41, 5.74) is 8.20. The second-order valence-electron chi connectivity index (χ2n) is 3.78. The van der Waals surface area contributed by atoms with Crippen LogP contribution >= 0.6 is 0 Å². The number of rotatable bonds is 6. The first-order valence-electron chi connectivity index (χ1n) is 5.61. The zero-order valence-electron chi connectivity index (χ0n) is 10.2. The van der Waals surface area contributed by atoms with Crippen LogP contribution in [0, 0.1) is 0 Å². The third kappa shape index (κ3) is 4.31. The van der Waals surface area contributed by atoms with E-state index >= 15 is 0 Å². The number of azide groups is 1. The predicted molar refractivity (Wildman–Crippen MR) is 67.3 cm³/mol. The Hall–Kier alpha value is -2.27. The van der Waals surface area contributed by atoms with E-state index in [0.29, 0.717) is 18.7 Å². The lowest BCUT2D eigenvalue weighted by molar-refractivity contribution is 0.0952. The van der Waals surface area contributed by atoms with Gasteiger partial charge in [-0.1, -0.05) is 5.11 Å². The Kier molecular flexibility index (Phi) is 5.47. The van der Waals surface area contributed by atoms with Gasteiger partial charge in [0.2, 0.25) is 0 Å². The lowest BCUT2D eigenvalue weighted by Crippen LogP contribution is -2.27. The molecule has 1 heterocycles. The highest BCUT2D eigenvalue weighted by atomic mass is 16.2. The fourth-order valence-electron chi connectivity index (χ4n) is 1.35. The Morgan fingerprint density at radius 2 is 2.33 bits per heavy atom. The average Bonchev–Trinajstić information content (AvgIpc) is 2.36. The number of hydrogen-bond acceptors (Lipinski definition) is 3. The molecule has 0 unspecified atom stereocenters. The number of aryl methyl sites for hydroxylation is 1. The van der Waals surface area contributed by atoms with Gasteiger partial charge in [0.1, 0.15) is 0 Å². The average molecular weight is 249 g/mol. The first-order chi connectivity index (χ1) is 8.65. The zero-order valence-corrected chi connectivity index (χ0v) is 10.2. The molecule has 1 amide bonds. The van der Waals surface area contributed by atoms with Crippen LogP contribution in [0.3, 0.4) is 0 Å². The summed E-state index contributed by atoms with van der Waals surface area (Å²) in [4.78, 5) is 25.6. The van der Waals surface area contributed by atoms with Crippen molar-refractivity contribution in [3.05, 3.63) is 44.7 Å². The number of hydrogen-bond donors (Lipinski definition) is 1. The molecule has 0 atom stereocenters. The number of nitrogens with zero attached hydrogens (tertiary/aromatic N) is 4. The van der Waals surface area contributed by atoms with Gasteiger partial charge in [-0.05, 0) is 24.4 Å². The molecule has 0 radical (unpaired) electrons. The molecular formula is C11H15N5O2. The molecule has 0 aliphatic heterocycles. The van der Waals surface area contributed by atoms with Crippen LogP contribution in [-0.2, 0) is 7.05 Å².